The van der Waals surface area contributed by atoms with Crippen molar-refractivity contribution in [3.8, 4) is 0 Å². The molecule has 0 saturated carbocycles. The number of aliphatic hydroxyl groups excluding tert-OH is 1. The molecule has 0 aliphatic rings. The topological polar surface area (TPSA) is 29.5 Å². The summed E-state index contributed by atoms with van der Waals surface area (Å²) in [6.07, 6.45) is -11.8. The predicted octanol–water partition coefficient (Wildman–Crippen LogP) is 2.47. The molecule has 0 saturated heterocycles. The third-order valence-corrected chi connectivity index (χ3v) is 1.43. The van der Waals surface area contributed by atoms with Crippen LogP contribution in [0.1, 0.15) is 6.92 Å². The third-order valence-electron chi connectivity index (χ3n) is 1.43. The fourth-order valence-corrected chi connectivity index (χ4v) is 0.473. The fraction of sp³-hybridized carbons (Fsp3) is 1.00. The van der Waals surface area contributed by atoms with E-state index >= 15 is 0 Å². The van der Waals surface area contributed by atoms with Crippen molar-refractivity contribution in [2.24, 2.45) is 0 Å². The lowest BCUT2D eigenvalue weighted by molar-refractivity contribution is -0.452. The Bertz CT molecular complexity index is 244. The van der Waals surface area contributed by atoms with Crippen LogP contribution in [0.2, 0.25) is 0 Å². The first-order valence-corrected chi connectivity index (χ1v) is 3.59. The molecule has 1 unspecified atom stereocenters. The Morgan fingerprint density at radius 2 is 1.31 bits per heavy atom. The largest absolute Gasteiger partial charge is 0.451 e. The molecule has 1 N–H and O–H groups in total. The van der Waals surface area contributed by atoms with Gasteiger partial charge in [-0.15, -0.1) is 0 Å². The van der Waals surface area contributed by atoms with E-state index in [0.717, 1.165) is 0 Å². The minimum atomic E-state index is -6.07. The maximum Gasteiger partial charge on any atom is 0.451 e. The second-order valence-corrected chi connectivity index (χ2v) is 2.89. The van der Waals surface area contributed by atoms with Crippen molar-refractivity contribution in [3.05, 3.63) is 0 Å². The zero-order valence-electron chi connectivity index (χ0n) is 7.59. The maximum absolute atomic E-state index is 12.6. The Hall–Kier alpha value is -0.640. The molecule has 0 radical (unpaired) electrons. The van der Waals surface area contributed by atoms with E-state index in [-0.39, 0.29) is 0 Å². The highest BCUT2D eigenvalue weighted by Crippen LogP contribution is 2.44. The molecule has 10 heteroatoms. The van der Waals surface area contributed by atoms with E-state index in [2.05, 4.69) is 4.74 Å². The first-order chi connectivity index (χ1) is 6.77. The summed E-state index contributed by atoms with van der Waals surface area (Å²) in [5.74, 6) is -10.3. The lowest BCUT2D eigenvalue weighted by atomic mass is 10.3. The molecule has 0 aliphatic heterocycles. The zero-order valence-corrected chi connectivity index (χ0v) is 7.59. The molecule has 0 bridgehead atoms. The van der Waals surface area contributed by atoms with Gasteiger partial charge >= 0.3 is 24.1 Å². The van der Waals surface area contributed by atoms with Crippen LogP contribution in [0, 0.1) is 0 Å². The summed E-state index contributed by atoms with van der Waals surface area (Å²) in [6.45, 7) is -3.02. The van der Waals surface area contributed by atoms with E-state index in [1.165, 1.54) is 0 Å². The van der Waals surface area contributed by atoms with Gasteiger partial charge in [-0.05, 0) is 0 Å². The highest BCUT2D eigenvalue weighted by atomic mass is 19.4. The van der Waals surface area contributed by atoms with Crippen molar-refractivity contribution < 1.29 is 45.0 Å². The third kappa shape index (κ3) is 2.94. The normalized spacial score (nSPS) is 18.4. The summed E-state index contributed by atoms with van der Waals surface area (Å²) in [4.78, 5) is 0. The van der Waals surface area contributed by atoms with Gasteiger partial charge < -0.3 is 5.11 Å². The van der Waals surface area contributed by atoms with Crippen molar-refractivity contribution in [2.45, 2.75) is 31.0 Å². The van der Waals surface area contributed by atoms with Crippen molar-refractivity contribution >= 4 is 0 Å². The van der Waals surface area contributed by atoms with Gasteiger partial charge in [0.15, 0.2) is 0 Å². The summed E-state index contributed by atoms with van der Waals surface area (Å²) in [5, 5.41) is 7.95. The molecule has 0 aliphatic carbocycles. The van der Waals surface area contributed by atoms with Crippen molar-refractivity contribution in [1.29, 1.82) is 0 Å². The molecule has 0 aromatic heterocycles. The second-order valence-electron chi connectivity index (χ2n) is 2.89. The standard InChI is InChI=1S/C6H6F8O2/c1-3(7,8)6(13,14)16-4(9,2-15)5(10,11)12/h15H,2H2,1H3. The zero-order chi connectivity index (χ0) is 13.4. The molecule has 0 fully saturated rings. The van der Waals surface area contributed by atoms with Crippen LogP contribution < -0.4 is 0 Å². The van der Waals surface area contributed by atoms with Gasteiger partial charge in [-0.1, -0.05) is 0 Å². The van der Waals surface area contributed by atoms with Gasteiger partial charge in [0.05, 0.1) is 0 Å². The minimum absolute atomic E-state index is 0.457. The molecular formula is C6H6F8O2. The van der Waals surface area contributed by atoms with Crippen LogP contribution in [0.25, 0.3) is 0 Å². The lowest BCUT2D eigenvalue weighted by Crippen LogP contribution is -2.55. The predicted molar refractivity (Wildman–Crippen MR) is 33.6 cm³/mol. The van der Waals surface area contributed by atoms with Gasteiger partial charge in [-0.2, -0.15) is 35.1 Å². The fourth-order valence-electron chi connectivity index (χ4n) is 0.473. The Morgan fingerprint density at radius 1 is 0.938 bits per heavy atom. The summed E-state index contributed by atoms with van der Waals surface area (Å²) >= 11 is 0. The number of aliphatic hydroxyl groups is 1. The minimum Gasteiger partial charge on any atom is -0.390 e. The second kappa shape index (κ2) is 3.99. The van der Waals surface area contributed by atoms with E-state index in [0.29, 0.717) is 0 Å². The van der Waals surface area contributed by atoms with Gasteiger partial charge in [0.2, 0.25) is 0 Å². The van der Waals surface area contributed by atoms with Gasteiger partial charge in [-0.3, -0.25) is 4.74 Å². The van der Waals surface area contributed by atoms with Gasteiger partial charge in [0, 0.05) is 6.92 Å². The molecule has 0 amide bonds. The average molecular weight is 262 g/mol. The highest BCUT2D eigenvalue weighted by Gasteiger charge is 2.67. The smallest absolute Gasteiger partial charge is 0.390 e. The number of ether oxygens (including phenoxy) is 1. The van der Waals surface area contributed by atoms with Crippen molar-refractivity contribution in [1.82, 2.24) is 0 Å². The van der Waals surface area contributed by atoms with Crippen LogP contribution in [0.3, 0.4) is 0 Å². The monoisotopic (exact) mass is 262 g/mol. The van der Waals surface area contributed by atoms with E-state index in [1.807, 2.05) is 0 Å². The maximum atomic E-state index is 12.6. The summed E-state index contributed by atoms with van der Waals surface area (Å²) in [7, 11) is 0. The number of halogens is 8. The first-order valence-electron chi connectivity index (χ1n) is 3.59. The quantitative estimate of drug-likeness (QED) is 0.788. The van der Waals surface area contributed by atoms with Gasteiger partial charge in [0.25, 0.3) is 0 Å². The van der Waals surface area contributed by atoms with E-state index in [4.69, 9.17) is 5.11 Å². The van der Waals surface area contributed by atoms with E-state index in [1.54, 1.807) is 0 Å². The van der Waals surface area contributed by atoms with Crippen LogP contribution >= 0.6 is 0 Å². The summed E-state index contributed by atoms with van der Waals surface area (Å²) in [6, 6.07) is 0. The van der Waals surface area contributed by atoms with Crippen LogP contribution in [0.5, 0.6) is 0 Å². The molecule has 0 aromatic rings. The van der Waals surface area contributed by atoms with Gasteiger partial charge in [-0.25, -0.2) is 0 Å². The molecule has 1 atom stereocenters. The van der Waals surface area contributed by atoms with Crippen LogP contribution in [-0.2, 0) is 4.74 Å². The molecule has 0 heterocycles. The average Bonchev–Trinajstić information content (AvgIpc) is 1.99. The first kappa shape index (κ1) is 15.4. The number of hydrogen-bond donors (Lipinski definition) is 1. The Balaban J connectivity index is 5.08. The van der Waals surface area contributed by atoms with Gasteiger partial charge in [0.1, 0.15) is 6.61 Å². The highest BCUT2D eigenvalue weighted by molar-refractivity contribution is 4.82. The molecule has 98 valence electrons. The SMILES string of the molecule is CC(F)(F)C(F)(F)OC(F)(CO)C(F)(F)F. The Labute approximate surface area is 83.8 Å². The van der Waals surface area contributed by atoms with E-state index in [9.17, 15) is 35.1 Å². The molecule has 2 nitrogen and oxygen atoms in total. The van der Waals surface area contributed by atoms with Crippen molar-refractivity contribution in [2.75, 3.05) is 6.61 Å². The summed E-state index contributed by atoms with van der Waals surface area (Å²) < 4.78 is 99.1. The lowest BCUT2D eigenvalue weighted by Gasteiger charge is -2.32. The molecule has 0 aromatic carbocycles. The molecule has 16 heavy (non-hydrogen) atoms. The van der Waals surface area contributed by atoms with Crippen LogP contribution in [0.4, 0.5) is 35.1 Å². The summed E-state index contributed by atoms with van der Waals surface area (Å²) in [5.41, 5.74) is 0. The Morgan fingerprint density at radius 3 is 1.50 bits per heavy atom. The number of alkyl halides is 8. The Kier molecular flexibility index (Phi) is 3.83. The van der Waals surface area contributed by atoms with Crippen LogP contribution in [0.15, 0.2) is 0 Å². The molecule has 0 rings (SSSR count). The van der Waals surface area contributed by atoms with Crippen LogP contribution in [-0.4, -0.2) is 35.8 Å². The van der Waals surface area contributed by atoms with E-state index < -0.39 is 37.6 Å². The number of hydrogen-bond acceptors (Lipinski definition) is 2. The molecule has 0 spiro atoms. The van der Waals surface area contributed by atoms with Crippen molar-refractivity contribution in [3.63, 3.8) is 0 Å². The molecular weight excluding hydrogens is 256 g/mol. The number of rotatable bonds is 4.